The molecule has 9 heteroatoms. The lowest BCUT2D eigenvalue weighted by atomic mass is 10.3. The van der Waals surface area contributed by atoms with Crippen molar-refractivity contribution in [3.8, 4) is 0 Å². The van der Waals surface area contributed by atoms with Gasteiger partial charge in [0.1, 0.15) is 18.5 Å². The number of H-pyrrole nitrogens is 1. The molecule has 1 atom stereocenters. The molecule has 0 saturated heterocycles. The van der Waals surface area contributed by atoms with Gasteiger partial charge in [-0.15, -0.1) is 5.10 Å². The molecule has 0 aliphatic rings. The van der Waals surface area contributed by atoms with E-state index < -0.39 is 0 Å². The Bertz CT molecular complexity index is 539. The van der Waals surface area contributed by atoms with Gasteiger partial charge in [0.25, 0.3) is 0 Å². The number of aromatic amines is 1. The van der Waals surface area contributed by atoms with Gasteiger partial charge in [-0.25, -0.2) is 9.97 Å². The number of rotatable bonds is 7. The third-order valence-corrected chi connectivity index (χ3v) is 3.36. The summed E-state index contributed by atoms with van der Waals surface area (Å²) in [6, 6.07) is -0.0110. The lowest BCUT2D eigenvalue weighted by Crippen LogP contribution is -2.36. The van der Waals surface area contributed by atoms with E-state index in [2.05, 4.69) is 30.6 Å². The van der Waals surface area contributed by atoms with E-state index in [4.69, 9.17) is 0 Å². The molecular weight excluding hydrogens is 278 g/mol. The second kappa shape index (κ2) is 7.04. The summed E-state index contributed by atoms with van der Waals surface area (Å²) in [5.74, 6) is 1.07. The first-order valence-corrected chi connectivity index (χ1v) is 7.31. The lowest BCUT2D eigenvalue weighted by molar-refractivity contribution is -0.119. The average molecular weight is 295 g/mol. The van der Waals surface area contributed by atoms with Crippen molar-refractivity contribution in [1.29, 1.82) is 0 Å². The van der Waals surface area contributed by atoms with Gasteiger partial charge in [0.2, 0.25) is 11.1 Å². The molecule has 2 aromatic heterocycles. The molecule has 2 heterocycles. The van der Waals surface area contributed by atoms with Crippen LogP contribution in [-0.4, -0.2) is 47.6 Å². The van der Waals surface area contributed by atoms with E-state index in [1.807, 2.05) is 13.8 Å². The lowest BCUT2D eigenvalue weighted by Gasteiger charge is -2.12. The van der Waals surface area contributed by atoms with E-state index in [0.717, 1.165) is 12.2 Å². The zero-order chi connectivity index (χ0) is 14.4. The molecule has 108 valence electrons. The molecule has 2 aromatic rings. The summed E-state index contributed by atoms with van der Waals surface area (Å²) >= 11 is 1.31. The highest BCUT2D eigenvalue weighted by atomic mass is 32.2. The van der Waals surface area contributed by atoms with Crippen molar-refractivity contribution in [2.45, 2.75) is 38.0 Å². The topological polar surface area (TPSA) is 101 Å². The van der Waals surface area contributed by atoms with Gasteiger partial charge in [-0.1, -0.05) is 18.7 Å². The monoisotopic (exact) mass is 295 g/mol. The van der Waals surface area contributed by atoms with Crippen LogP contribution in [0.2, 0.25) is 0 Å². The summed E-state index contributed by atoms with van der Waals surface area (Å²) in [6.07, 6.45) is 3.89. The van der Waals surface area contributed by atoms with Crippen molar-refractivity contribution in [2.24, 2.45) is 0 Å². The Hall–Kier alpha value is -1.90. The quantitative estimate of drug-likeness (QED) is 0.710. The SMILES string of the molecule is CCc1nc(SCC(=O)NC(C)Cn2cncn2)n[nH]1. The molecule has 0 aliphatic carbocycles. The minimum atomic E-state index is -0.0505. The van der Waals surface area contributed by atoms with Crippen LogP contribution in [-0.2, 0) is 17.8 Å². The third-order valence-electron chi connectivity index (χ3n) is 2.51. The molecule has 2 N–H and O–H groups in total. The fraction of sp³-hybridized carbons (Fsp3) is 0.545. The Balaban J connectivity index is 1.72. The number of amides is 1. The number of hydrogen-bond acceptors (Lipinski definition) is 6. The van der Waals surface area contributed by atoms with Crippen LogP contribution in [0.3, 0.4) is 0 Å². The maximum absolute atomic E-state index is 11.8. The molecule has 8 nitrogen and oxygen atoms in total. The number of thioether (sulfide) groups is 1. The number of hydrogen-bond donors (Lipinski definition) is 2. The molecule has 1 unspecified atom stereocenters. The highest BCUT2D eigenvalue weighted by Gasteiger charge is 2.10. The van der Waals surface area contributed by atoms with Gasteiger partial charge in [-0.2, -0.15) is 5.10 Å². The summed E-state index contributed by atoms with van der Waals surface area (Å²) in [5, 5.41) is 14.3. The van der Waals surface area contributed by atoms with Crippen molar-refractivity contribution in [1.82, 2.24) is 35.3 Å². The number of aryl methyl sites for hydroxylation is 1. The van der Waals surface area contributed by atoms with E-state index >= 15 is 0 Å². The van der Waals surface area contributed by atoms with Gasteiger partial charge in [0, 0.05) is 12.5 Å². The second-order valence-electron chi connectivity index (χ2n) is 4.29. The van der Waals surface area contributed by atoms with E-state index in [0.29, 0.717) is 17.5 Å². The second-order valence-corrected chi connectivity index (χ2v) is 5.24. The molecule has 0 bridgehead atoms. The Morgan fingerprint density at radius 2 is 2.45 bits per heavy atom. The largest absolute Gasteiger partial charge is 0.351 e. The van der Waals surface area contributed by atoms with E-state index in [9.17, 15) is 4.79 Å². The van der Waals surface area contributed by atoms with Crippen LogP contribution in [0.1, 0.15) is 19.7 Å². The molecular formula is C11H17N7OS. The van der Waals surface area contributed by atoms with E-state index in [1.54, 1.807) is 11.0 Å². The van der Waals surface area contributed by atoms with Crippen LogP contribution in [0.15, 0.2) is 17.8 Å². The summed E-state index contributed by atoms with van der Waals surface area (Å²) in [7, 11) is 0. The Morgan fingerprint density at radius 1 is 1.60 bits per heavy atom. The van der Waals surface area contributed by atoms with Crippen molar-refractivity contribution >= 4 is 17.7 Å². The fourth-order valence-corrected chi connectivity index (χ4v) is 2.23. The number of aromatic nitrogens is 6. The maximum atomic E-state index is 11.8. The smallest absolute Gasteiger partial charge is 0.230 e. The molecule has 0 saturated carbocycles. The molecule has 0 aliphatic heterocycles. The normalized spacial score (nSPS) is 12.3. The van der Waals surface area contributed by atoms with Gasteiger partial charge in [-0.3, -0.25) is 14.6 Å². The molecule has 0 spiro atoms. The Kier molecular flexibility index (Phi) is 5.10. The molecule has 1 amide bonds. The predicted octanol–water partition coefficient (Wildman–Crippen LogP) is 0.256. The summed E-state index contributed by atoms with van der Waals surface area (Å²) in [4.78, 5) is 19.9. The molecule has 0 fully saturated rings. The van der Waals surface area contributed by atoms with Crippen LogP contribution < -0.4 is 5.32 Å². The van der Waals surface area contributed by atoms with Crippen LogP contribution in [0.25, 0.3) is 0 Å². The van der Waals surface area contributed by atoms with Crippen molar-refractivity contribution in [2.75, 3.05) is 5.75 Å². The molecule has 20 heavy (non-hydrogen) atoms. The number of carbonyl (C=O) groups excluding carboxylic acids is 1. The number of nitrogens with zero attached hydrogens (tertiary/aromatic N) is 5. The van der Waals surface area contributed by atoms with Gasteiger partial charge in [0.15, 0.2) is 0 Å². The molecule has 0 aromatic carbocycles. The summed E-state index contributed by atoms with van der Waals surface area (Å²) < 4.78 is 1.68. The maximum Gasteiger partial charge on any atom is 0.230 e. The highest BCUT2D eigenvalue weighted by Crippen LogP contribution is 2.11. The predicted molar refractivity (Wildman–Crippen MR) is 74.1 cm³/mol. The Labute approximate surface area is 120 Å². The minimum absolute atomic E-state index is 0.0110. The van der Waals surface area contributed by atoms with Gasteiger partial charge in [0.05, 0.1) is 12.3 Å². The van der Waals surface area contributed by atoms with Gasteiger partial charge < -0.3 is 5.32 Å². The van der Waals surface area contributed by atoms with Crippen molar-refractivity contribution in [3.05, 3.63) is 18.5 Å². The molecule has 0 radical (unpaired) electrons. The first-order valence-electron chi connectivity index (χ1n) is 6.33. The van der Waals surface area contributed by atoms with Crippen molar-refractivity contribution in [3.63, 3.8) is 0 Å². The number of nitrogens with one attached hydrogen (secondary N) is 2. The zero-order valence-electron chi connectivity index (χ0n) is 11.4. The highest BCUT2D eigenvalue weighted by molar-refractivity contribution is 7.99. The van der Waals surface area contributed by atoms with Crippen molar-refractivity contribution < 1.29 is 4.79 Å². The first kappa shape index (κ1) is 14.5. The third kappa shape index (κ3) is 4.34. The zero-order valence-corrected chi connectivity index (χ0v) is 12.2. The first-order chi connectivity index (χ1) is 9.67. The van der Waals surface area contributed by atoms with Crippen LogP contribution in [0.5, 0.6) is 0 Å². The summed E-state index contributed by atoms with van der Waals surface area (Å²) in [6.45, 7) is 4.51. The van der Waals surface area contributed by atoms with Crippen LogP contribution >= 0.6 is 11.8 Å². The number of carbonyl (C=O) groups is 1. The minimum Gasteiger partial charge on any atom is -0.351 e. The standard InChI is InChI=1S/C11H17N7OS/c1-3-9-15-11(17-16-9)20-5-10(19)14-8(2)4-18-7-12-6-13-18/h6-8H,3-5H2,1-2H3,(H,14,19)(H,15,16,17). The fourth-order valence-electron chi connectivity index (χ4n) is 1.60. The van der Waals surface area contributed by atoms with E-state index in [-0.39, 0.29) is 11.9 Å². The van der Waals surface area contributed by atoms with Crippen LogP contribution in [0.4, 0.5) is 0 Å². The summed E-state index contributed by atoms with van der Waals surface area (Å²) in [5.41, 5.74) is 0. The van der Waals surface area contributed by atoms with E-state index in [1.165, 1.54) is 18.1 Å². The van der Waals surface area contributed by atoms with Crippen LogP contribution in [0, 0.1) is 0 Å². The Morgan fingerprint density at radius 3 is 3.10 bits per heavy atom. The van der Waals surface area contributed by atoms with Gasteiger partial charge >= 0.3 is 0 Å². The molecule has 2 rings (SSSR count). The van der Waals surface area contributed by atoms with Gasteiger partial charge in [-0.05, 0) is 6.92 Å². The average Bonchev–Trinajstić information content (AvgIpc) is 3.07.